The molecule has 0 aliphatic rings. The van der Waals surface area contributed by atoms with E-state index in [9.17, 15) is 4.79 Å². The molecule has 0 spiro atoms. The van der Waals surface area contributed by atoms with E-state index < -0.39 is 0 Å². The lowest BCUT2D eigenvalue weighted by molar-refractivity contribution is 0.103. The molecule has 112 valence electrons. The van der Waals surface area contributed by atoms with Crippen LogP contribution in [0.15, 0.2) is 60.7 Å². The molecule has 1 aromatic heterocycles. The normalized spacial score (nSPS) is 11.2. The van der Waals surface area contributed by atoms with Gasteiger partial charge in [0, 0.05) is 22.2 Å². The quantitative estimate of drug-likeness (QED) is 0.424. The molecular formula is C20H16N2O. The number of carbonyl (C=O) groups excluding carboxylic acids is 1. The van der Waals surface area contributed by atoms with Crippen molar-refractivity contribution < 1.29 is 4.79 Å². The molecule has 1 heterocycles. The molecule has 23 heavy (non-hydrogen) atoms. The maximum Gasteiger partial charge on any atom is 0.209 e. The van der Waals surface area contributed by atoms with Gasteiger partial charge in [-0.25, -0.2) is 0 Å². The number of H-pyrrole nitrogens is 1. The number of aromatic amines is 1. The van der Waals surface area contributed by atoms with Crippen LogP contribution in [0.25, 0.3) is 21.7 Å². The average Bonchev–Trinajstić information content (AvgIpc) is 2.99. The van der Waals surface area contributed by atoms with Gasteiger partial charge in [0.15, 0.2) is 0 Å². The number of aryl methyl sites for hydroxylation is 1. The molecule has 0 saturated carbocycles. The van der Waals surface area contributed by atoms with Crippen molar-refractivity contribution in [3.05, 3.63) is 77.5 Å². The van der Waals surface area contributed by atoms with Gasteiger partial charge >= 0.3 is 0 Å². The third-order valence-electron chi connectivity index (χ3n) is 4.19. The highest BCUT2D eigenvalue weighted by Gasteiger charge is 2.13. The lowest BCUT2D eigenvalue weighted by Gasteiger charge is -2.00. The molecule has 4 rings (SSSR count). The van der Waals surface area contributed by atoms with Gasteiger partial charge in [-0.2, -0.15) is 0 Å². The molecule has 0 bridgehead atoms. The van der Waals surface area contributed by atoms with Gasteiger partial charge in [0.1, 0.15) is 0 Å². The summed E-state index contributed by atoms with van der Waals surface area (Å²) in [5.41, 5.74) is 9.76. The SMILES string of the molecule is Cc1ccc2c(ccc3[nH]c(C(=O)c4ccc(N)cc4)cc32)c1. The van der Waals surface area contributed by atoms with E-state index in [4.69, 9.17) is 5.73 Å². The van der Waals surface area contributed by atoms with Crippen LogP contribution in [0, 0.1) is 6.92 Å². The molecule has 0 fully saturated rings. The third kappa shape index (κ3) is 2.27. The fourth-order valence-corrected chi connectivity index (χ4v) is 2.98. The second-order valence-electron chi connectivity index (χ2n) is 5.89. The third-order valence-corrected chi connectivity index (χ3v) is 4.19. The van der Waals surface area contributed by atoms with Crippen LogP contribution >= 0.6 is 0 Å². The van der Waals surface area contributed by atoms with Crippen molar-refractivity contribution in [2.24, 2.45) is 0 Å². The highest BCUT2D eigenvalue weighted by Crippen LogP contribution is 2.27. The largest absolute Gasteiger partial charge is 0.399 e. The van der Waals surface area contributed by atoms with E-state index in [1.807, 2.05) is 12.1 Å². The molecule has 0 radical (unpaired) electrons. The molecule has 3 heteroatoms. The summed E-state index contributed by atoms with van der Waals surface area (Å²) in [5, 5.41) is 3.41. The van der Waals surface area contributed by atoms with Crippen LogP contribution in [-0.4, -0.2) is 10.8 Å². The van der Waals surface area contributed by atoms with Crippen molar-refractivity contribution in [1.29, 1.82) is 0 Å². The van der Waals surface area contributed by atoms with E-state index in [1.54, 1.807) is 24.3 Å². The maximum absolute atomic E-state index is 12.6. The molecule has 0 atom stereocenters. The molecule has 3 N–H and O–H groups in total. The van der Waals surface area contributed by atoms with Crippen LogP contribution in [0.5, 0.6) is 0 Å². The zero-order valence-corrected chi connectivity index (χ0v) is 12.8. The summed E-state index contributed by atoms with van der Waals surface area (Å²) in [5.74, 6) is -0.0264. The Balaban J connectivity index is 1.87. The van der Waals surface area contributed by atoms with Crippen LogP contribution < -0.4 is 5.73 Å². The highest BCUT2D eigenvalue weighted by molar-refractivity contribution is 6.14. The van der Waals surface area contributed by atoms with E-state index in [-0.39, 0.29) is 5.78 Å². The predicted molar refractivity (Wildman–Crippen MR) is 94.8 cm³/mol. The molecule has 0 aliphatic heterocycles. The number of nitrogen functional groups attached to an aromatic ring is 1. The standard InChI is InChI=1S/C20H16N2O/c1-12-2-8-16-14(10-12)5-9-18-17(16)11-19(22-18)20(23)13-3-6-15(21)7-4-13/h2-11,22H,21H2,1H3. The van der Waals surface area contributed by atoms with E-state index in [0.29, 0.717) is 16.9 Å². The fourth-order valence-electron chi connectivity index (χ4n) is 2.98. The van der Waals surface area contributed by atoms with Crippen LogP contribution in [0.4, 0.5) is 5.69 Å². The molecular weight excluding hydrogens is 284 g/mol. The molecule has 3 aromatic carbocycles. The first-order chi connectivity index (χ1) is 11.1. The van der Waals surface area contributed by atoms with Gasteiger partial charge in [-0.15, -0.1) is 0 Å². The summed E-state index contributed by atoms with van der Waals surface area (Å²) in [7, 11) is 0. The number of carbonyl (C=O) groups is 1. The number of ketones is 1. The number of nitrogens with one attached hydrogen (secondary N) is 1. The second-order valence-corrected chi connectivity index (χ2v) is 5.89. The highest BCUT2D eigenvalue weighted by atomic mass is 16.1. The van der Waals surface area contributed by atoms with Crippen LogP contribution in [0.3, 0.4) is 0 Å². The number of benzene rings is 3. The summed E-state index contributed by atoms with van der Waals surface area (Å²) in [6.45, 7) is 2.08. The summed E-state index contributed by atoms with van der Waals surface area (Å²) in [6, 6.07) is 19.4. The van der Waals surface area contributed by atoms with Gasteiger partial charge in [-0.05, 0) is 54.1 Å². The number of hydrogen-bond donors (Lipinski definition) is 2. The number of rotatable bonds is 2. The van der Waals surface area contributed by atoms with Gasteiger partial charge in [-0.1, -0.05) is 29.8 Å². The Morgan fingerprint density at radius 2 is 1.70 bits per heavy atom. The van der Waals surface area contributed by atoms with Crippen molar-refractivity contribution in [2.45, 2.75) is 6.92 Å². The Morgan fingerprint density at radius 1 is 0.913 bits per heavy atom. The Kier molecular flexibility index (Phi) is 2.95. The van der Waals surface area contributed by atoms with Gasteiger partial charge in [0.05, 0.1) is 5.69 Å². The van der Waals surface area contributed by atoms with Gasteiger partial charge < -0.3 is 10.7 Å². The first kappa shape index (κ1) is 13.6. The van der Waals surface area contributed by atoms with Crippen LogP contribution in [0.2, 0.25) is 0 Å². The number of aromatic nitrogens is 1. The lowest BCUT2D eigenvalue weighted by Crippen LogP contribution is -2.01. The smallest absolute Gasteiger partial charge is 0.209 e. The number of anilines is 1. The minimum Gasteiger partial charge on any atom is -0.399 e. The number of hydrogen-bond acceptors (Lipinski definition) is 2. The monoisotopic (exact) mass is 300 g/mol. The zero-order valence-electron chi connectivity index (χ0n) is 12.8. The van der Waals surface area contributed by atoms with Crippen molar-refractivity contribution >= 4 is 33.1 Å². The maximum atomic E-state index is 12.6. The topological polar surface area (TPSA) is 58.9 Å². The molecule has 0 amide bonds. The summed E-state index contributed by atoms with van der Waals surface area (Å²) < 4.78 is 0. The summed E-state index contributed by atoms with van der Waals surface area (Å²) in [6.07, 6.45) is 0. The van der Waals surface area contributed by atoms with Crippen molar-refractivity contribution in [2.75, 3.05) is 5.73 Å². The van der Waals surface area contributed by atoms with Gasteiger partial charge in [0.2, 0.25) is 5.78 Å². The Bertz CT molecular complexity index is 1040. The minimum atomic E-state index is -0.0264. The zero-order chi connectivity index (χ0) is 16.0. The minimum absolute atomic E-state index is 0.0264. The number of nitrogens with two attached hydrogens (primary N) is 1. The molecule has 3 nitrogen and oxygen atoms in total. The number of fused-ring (bicyclic) bond motifs is 3. The molecule has 0 saturated heterocycles. The van der Waals surface area contributed by atoms with Gasteiger partial charge in [0.25, 0.3) is 0 Å². The van der Waals surface area contributed by atoms with Crippen molar-refractivity contribution in [3.8, 4) is 0 Å². The first-order valence-electron chi connectivity index (χ1n) is 7.54. The summed E-state index contributed by atoms with van der Waals surface area (Å²) in [4.78, 5) is 15.9. The van der Waals surface area contributed by atoms with E-state index in [2.05, 4.69) is 36.2 Å². The summed E-state index contributed by atoms with van der Waals surface area (Å²) >= 11 is 0. The fraction of sp³-hybridized carbons (Fsp3) is 0.0500. The van der Waals surface area contributed by atoms with Crippen LogP contribution in [0.1, 0.15) is 21.6 Å². The van der Waals surface area contributed by atoms with E-state index in [1.165, 1.54) is 10.9 Å². The van der Waals surface area contributed by atoms with E-state index in [0.717, 1.165) is 16.3 Å². The lowest BCUT2D eigenvalue weighted by atomic mass is 10.0. The van der Waals surface area contributed by atoms with E-state index >= 15 is 0 Å². The Labute approximate surface area is 133 Å². The Morgan fingerprint density at radius 3 is 2.48 bits per heavy atom. The molecule has 0 aliphatic carbocycles. The Hall–Kier alpha value is -3.07. The van der Waals surface area contributed by atoms with Crippen LogP contribution in [-0.2, 0) is 0 Å². The average molecular weight is 300 g/mol. The first-order valence-corrected chi connectivity index (χ1v) is 7.54. The van der Waals surface area contributed by atoms with Gasteiger partial charge in [-0.3, -0.25) is 4.79 Å². The molecule has 0 unspecified atom stereocenters. The van der Waals surface area contributed by atoms with Crippen molar-refractivity contribution in [3.63, 3.8) is 0 Å². The van der Waals surface area contributed by atoms with Crippen molar-refractivity contribution in [1.82, 2.24) is 4.98 Å². The second kappa shape index (κ2) is 4.99. The predicted octanol–water partition coefficient (Wildman–Crippen LogP) is 4.44. The molecule has 4 aromatic rings.